The zero-order valence-corrected chi connectivity index (χ0v) is 16.5. The third-order valence-electron chi connectivity index (χ3n) is 3.85. The Balaban J connectivity index is 2.01. The molecule has 2 rings (SSSR count). The van der Waals surface area contributed by atoms with Gasteiger partial charge in [-0.05, 0) is 36.2 Å². The average Bonchev–Trinajstić information content (AvgIpc) is 2.60. The quantitative estimate of drug-likeness (QED) is 0.755. The molecule has 0 spiro atoms. The van der Waals surface area contributed by atoms with E-state index in [0.717, 1.165) is 15.6 Å². The molecule has 0 aliphatic rings. The topological polar surface area (TPSA) is 78.5 Å². The van der Waals surface area contributed by atoms with Crippen LogP contribution in [0.1, 0.15) is 11.1 Å². The Morgan fingerprint density at radius 1 is 1.15 bits per heavy atom. The molecule has 0 aliphatic carbocycles. The Labute approximate surface area is 159 Å². The standard InChI is InChI=1S/C18H22ClN3O3S/c1-13-8-9-15(19)10-16(13)20-12-18(23)21-11-14-6-4-5-7-17(14)26(24,25)22(2)3/h4-10,20H,11-12H2,1-3H3,(H,21,23). The third kappa shape index (κ3) is 4.97. The highest BCUT2D eigenvalue weighted by Gasteiger charge is 2.20. The van der Waals surface area contributed by atoms with Crippen LogP contribution in [0.3, 0.4) is 0 Å². The van der Waals surface area contributed by atoms with E-state index in [0.29, 0.717) is 10.6 Å². The first kappa shape index (κ1) is 20.2. The fraction of sp³-hybridized carbons (Fsp3) is 0.278. The van der Waals surface area contributed by atoms with Crippen LogP contribution in [-0.2, 0) is 21.4 Å². The van der Waals surface area contributed by atoms with Crippen molar-refractivity contribution in [1.82, 2.24) is 9.62 Å². The highest BCUT2D eigenvalue weighted by atomic mass is 35.5. The van der Waals surface area contributed by atoms with Gasteiger partial charge in [0.1, 0.15) is 0 Å². The van der Waals surface area contributed by atoms with Gasteiger partial charge in [-0.1, -0.05) is 35.9 Å². The lowest BCUT2D eigenvalue weighted by Crippen LogP contribution is -2.31. The van der Waals surface area contributed by atoms with Crippen molar-refractivity contribution in [3.05, 3.63) is 58.6 Å². The molecular weight excluding hydrogens is 374 g/mol. The number of carbonyl (C=O) groups is 1. The van der Waals surface area contributed by atoms with E-state index in [9.17, 15) is 13.2 Å². The van der Waals surface area contributed by atoms with Crippen molar-refractivity contribution in [2.24, 2.45) is 0 Å². The molecule has 0 heterocycles. The van der Waals surface area contributed by atoms with Crippen molar-refractivity contribution >= 4 is 33.2 Å². The van der Waals surface area contributed by atoms with E-state index in [-0.39, 0.29) is 23.9 Å². The van der Waals surface area contributed by atoms with Crippen LogP contribution in [-0.4, -0.2) is 39.3 Å². The molecule has 2 aromatic rings. The van der Waals surface area contributed by atoms with Gasteiger partial charge < -0.3 is 10.6 Å². The van der Waals surface area contributed by atoms with Crippen LogP contribution < -0.4 is 10.6 Å². The van der Waals surface area contributed by atoms with Gasteiger partial charge in [-0.3, -0.25) is 4.79 Å². The highest BCUT2D eigenvalue weighted by molar-refractivity contribution is 7.89. The minimum absolute atomic E-state index is 0.0593. The summed E-state index contributed by atoms with van der Waals surface area (Å²) < 4.78 is 25.9. The SMILES string of the molecule is Cc1ccc(Cl)cc1NCC(=O)NCc1ccccc1S(=O)(=O)N(C)C. The van der Waals surface area contributed by atoms with Gasteiger partial charge in [-0.15, -0.1) is 0 Å². The smallest absolute Gasteiger partial charge is 0.242 e. The molecule has 0 saturated heterocycles. The number of benzene rings is 2. The Morgan fingerprint density at radius 3 is 2.54 bits per heavy atom. The normalized spacial score (nSPS) is 11.4. The second-order valence-electron chi connectivity index (χ2n) is 5.98. The molecule has 26 heavy (non-hydrogen) atoms. The van der Waals surface area contributed by atoms with Gasteiger partial charge in [-0.25, -0.2) is 12.7 Å². The fourth-order valence-corrected chi connectivity index (χ4v) is 3.60. The molecule has 0 fully saturated rings. The summed E-state index contributed by atoms with van der Waals surface area (Å²) in [5.74, 6) is -0.249. The van der Waals surface area contributed by atoms with Crippen molar-refractivity contribution in [2.45, 2.75) is 18.4 Å². The number of anilines is 1. The fourth-order valence-electron chi connectivity index (χ4n) is 2.31. The van der Waals surface area contributed by atoms with Crippen LogP contribution in [0.25, 0.3) is 0 Å². The maximum Gasteiger partial charge on any atom is 0.242 e. The summed E-state index contributed by atoms with van der Waals surface area (Å²) in [5.41, 5.74) is 2.29. The molecule has 2 N–H and O–H groups in total. The molecule has 140 valence electrons. The van der Waals surface area contributed by atoms with Crippen LogP contribution >= 0.6 is 11.6 Å². The van der Waals surface area contributed by atoms with Gasteiger partial charge in [0, 0.05) is 31.4 Å². The van der Waals surface area contributed by atoms with Crippen molar-refractivity contribution in [1.29, 1.82) is 0 Å². The monoisotopic (exact) mass is 395 g/mol. The lowest BCUT2D eigenvalue weighted by atomic mass is 10.2. The first-order valence-electron chi connectivity index (χ1n) is 7.99. The van der Waals surface area contributed by atoms with Gasteiger partial charge in [0.2, 0.25) is 15.9 Å². The summed E-state index contributed by atoms with van der Waals surface area (Å²) in [6, 6.07) is 12.0. The molecule has 0 unspecified atom stereocenters. The number of hydrogen-bond donors (Lipinski definition) is 2. The third-order valence-corrected chi connectivity index (χ3v) is 6.00. The molecule has 6 nitrogen and oxygen atoms in total. The second-order valence-corrected chi connectivity index (χ2v) is 8.54. The molecule has 0 aliphatic heterocycles. The van der Waals surface area contributed by atoms with Crippen LogP contribution in [0.15, 0.2) is 47.4 Å². The van der Waals surface area contributed by atoms with E-state index in [1.807, 2.05) is 13.0 Å². The lowest BCUT2D eigenvalue weighted by molar-refractivity contribution is -0.119. The van der Waals surface area contributed by atoms with Gasteiger partial charge in [-0.2, -0.15) is 0 Å². The Morgan fingerprint density at radius 2 is 1.85 bits per heavy atom. The van der Waals surface area contributed by atoms with Crippen LogP contribution in [0.2, 0.25) is 5.02 Å². The second kappa shape index (κ2) is 8.53. The molecule has 0 radical (unpaired) electrons. The van der Waals surface area contributed by atoms with Crippen LogP contribution in [0.4, 0.5) is 5.69 Å². The number of nitrogens with zero attached hydrogens (tertiary/aromatic N) is 1. The summed E-state index contributed by atoms with van der Waals surface area (Å²) in [4.78, 5) is 12.3. The summed E-state index contributed by atoms with van der Waals surface area (Å²) in [6.45, 7) is 2.10. The minimum Gasteiger partial charge on any atom is -0.376 e. The number of nitrogens with one attached hydrogen (secondary N) is 2. The van der Waals surface area contributed by atoms with Gasteiger partial charge in [0.05, 0.1) is 11.4 Å². The zero-order chi connectivity index (χ0) is 19.3. The summed E-state index contributed by atoms with van der Waals surface area (Å²) in [6.07, 6.45) is 0. The molecule has 1 amide bonds. The first-order chi connectivity index (χ1) is 12.2. The van der Waals surface area contributed by atoms with Crippen molar-refractivity contribution in [3.63, 3.8) is 0 Å². The zero-order valence-electron chi connectivity index (χ0n) is 14.9. The molecule has 0 aromatic heterocycles. The van der Waals surface area contributed by atoms with E-state index in [4.69, 9.17) is 11.6 Å². The van der Waals surface area contributed by atoms with Crippen LogP contribution in [0.5, 0.6) is 0 Å². The molecule has 8 heteroatoms. The van der Waals surface area contributed by atoms with E-state index >= 15 is 0 Å². The number of amides is 1. The predicted molar refractivity (Wildman–Crippen MR) is 104 cm³/mol. The highest BCUT2D eigenvalue weighted by Crippen LogP contribution is 2.20. The van der Waals surface area contributed by atoms with Crippen LogP contribution in [0, 0.1) is 6.92 Å². The average molecular weight is 396 g/mol. The lowest BCUT2D eigenvalue weighted by Gasteiger charge is -2.16. The Hall–Kier alpha value is -2.09. The number of carbonyl (C=O) groups excluding carboxylic acids is 1. The van der Waals surface area contributed by atoms with Crippen molar-refractivity contribution in [3.8, 4) is 0 Å². The van der Waals surface area contributed by atoms with Gasteiger partial charge in [0.25, 0.3) is 0 Å². The summed E-state index contributed by atoms with van der Waals surface area (Å²) in [7, 11) is -0.621. The van der Waals surface area contributed by atoms with E-state index < -0.39 is 10.0 Å². The van der Waals surface area contributed by atoms with Crippen molar-refractivity contribution < 1.29 is 13.2 Å². The predicted octanol–water partition coefficient (Wildman–Crippen LogP) is 2.63. The summed E-state index contributed by atoms with van der Waals surface area (Å²) >= 11 is 5.96. The number of aryl methyl sites for hydroxylation is 1. The number of rotatable bonds is 7. The molecular formula is C18H22ClN3O3S. The summed E-state index contributed by atoms with van der Waals surface area (Å²) in [5, 5.41) is 6.35. The first-order valence-corrected chi connectivity index (χ1v) is 9.81. The Kier molecular flexibility index (Phi) is 6.63. The Bertz CT molecular complexity index is 898. The number of sulfonamides is 1. The number of hydrogen-bond acceptors (Lipinski definition) is 4. The van der Waals surface area contributed by atoms with Crippen molar-refractivity contribution in [2.75, 3.05) is 26.0 Å². The van der Waals surface area contributed by atoms with Gasteiger partial charge >= 0.3 is 0 Å². The maximum atomic E-state index is 12.4. The van der Waals surface area contributed by atoms with E-state index in [2.05, 4.69) is 10.6 Å². The molecule has 0 atom stereocenters. The minimum atomic E-state index is -3.57. The molecule has 0 saturated carbocycles. The largest absolute Gasteiger partial charge is 0.376 e. The maximum absolute atomic E-state index is 12.4. The van der Waals surface area contributed by atoms with Gasteiger partial charge in [0.15, 0.2) is 0 Å². The van der Waals surface area contributed by atoms with E-state index in [1.165, 1.54) is 20.2 Å². The molecule has 2 aromatic carbocycles. The molecule has 0 bridgehead atoms. The van der Waals surface area contributed by atoms with E-state index in [1.54, 1.807) is 30.3 Å². The number of halogens is 1.